The number of aromatic nitrogens is 2. The molecule has 0 aliphatic rings. The van der Waals surface area contributed by atoms with Gasteiger partial charge in [0.1, 0.15) is 0 Å². The Hall–Kier alpha value is -1.73. The minimum atomic E-state index is -0.170. The molecule has 136 valence electrons. The first-order valence-corrected chi connectivity index (χ1v) is 8.97. The smallest absolute Gasteiger partial charge is 0.243 e. The molecule has 2 aromatic rings. The summed E-state index contributed by atoms with van der Waals surface area (Å²) < 4.78 is 6.35. The van der Waals surface area contributed by atoms with E-state index in [2.05, 4.69) is 31.4 Å². The average molecular weight is 409 g/mol. The molecule has 0 spiro atoms. The second-order valence-corrected chi connectivity index (χ2v) is 8.22. The van der Waals surface area contributed by atoms with E-state index in [1.165, 1.54) is 0 Å². The molecule has 25 heavy (non-hydrogen) atoms. The van der Waals surface area contributed by atoms with Gasteiger partial charge in [0.2, 0.25) is 11.8 Å². The third-order valence-corrected chi connectivity index (χ3v) is 4.48. The van der Waals surface area contributed by atoms with Crippen molar-refractivity contribution in [3.05, 3.63) is 40.0 Å². The lowest BCUT2D eigenvalue weighted by atomic mass is 9.96. The van der Waals surface area contributed by atoms with Gasteiger partial charge in [-0.1, -0.05) is 41.9 Å². The van der Waals surface area contributed by atoms with Crippen molar-refractivity contribution in [1.82, 2.24) is 15.0 Å². The predicted molar refractivity (Wildman–Crippen MR) is 102 cm³/mol. The minimum absolute atomic E-state index is 0.0877. The Balaban J connectivity index is 1.99. The maximum atomic E-state index is 12.3. The average Bonchev–Trinajstić information content (AvgIpc) is 2.99. The van der Waals surface area contributed by atoms with E-state index in [-0.39, 0.29) is 23.9 Å². The summed E-state index contributed by atoms with van der Waals surface area (Å²) in [6.45, 7) is 10.2. The van der Waals surface area contributed by atoms with Crippen molar-refractivity contribution in [3.8, 4) is 0 Å². The highest BCUT2D eigenvalue weighted by atomic mass is 79.9. The monoisotopic (exact) mass is 408 g/mol. The maximum Gasteiger partial charge on any atom is 0.243 e. The number of rotatable bonds is 5. The van der Waals surface area contributed by atoms with Crippen LogP contribution in [-0.2, 0) is 10.2 Å². The Bertz CT molecular complexity index is 752. The van der Waals surface area contributed by atoms with Crippen LogP contribution in [0.4, 0.5) is 5.69 Å². The van der Waals surface area contributed by atoms with E-state index < -0.39 is 0 Å². The zero-order chi connectivity index (χ0) is 18.8. The summed E-state index contributed by atoms with van der Waals surface area (Å²) in [4.78, 5) is 18.7. The number of carbonyl (C=O) groups excluding carboxylic acids is 1. The van der Waals surface area contributed by atoms with Gasteiger partial charge in [-0.25, -0.2) is 0 Å². The molecule has 0 saturated heterocycles. The van der Waals surface area contributed by atoms with E-state index in [4.69, 9.17) is 4.52 Å². The summed E-state index contributed by atoms with van der Waals surface area (Å²) in [7, 11) is 1.86. The van der Waals surface area contributed by atoms with E-state index in [1.807, 2.05) is 64.8 Å². The lowest BCUT2D eigenvalue weighted by molar-refractivity contribution is -0.117. The number of amides is 1. The zero-order valence-electron chi connectivity index (χ0n) is 15.6. The van der Waals surface area contributed by atoms with Crippen LogP contribution in [0.25, 0.3) is 0 Å². The van der Waals surface area contributed by atoms with E-state index in [9.17, 15) is 4.79 Å². The lowest BCUT2D eigenvalue weighted by Gasteiger charge is -2.21. The van der Waals surface area contributed by atoms with Gasteiger partial charge in [-0.3, -0.25) is 9.69 Å². The van der Waals surface area contributed by atoms with Crippen LogP contribution in [0.15, 0.2) is 27.2 Å². The van der Waals surface area contributed by atoms with Gasteiger partial charge in [-0.05, 0) is 44.7 Å². The summed E-state index contributed by atoms with van der Waals surface area (Å²) in [5, 5.41) is 6.98. The van der Waals surface area contributed by atoms with E-state index in [0.29, 0.717) is 11.7 Å². The fourth-order valence-corrected chi connectivity index (χ4v) is 2.69. The molecule has 1 amide bonds. The van der Waals surface area contributed by atoms with Gasteiger partial charge in [0.25, 0.3) is 0 Å². The lowest BCUT2D eigenvalue weighted by Crippen LogP contribution is -2.32. The summed E-state index contributed by atoms with van der Waals surface area (Å²) >= 11 is 3.42. The first kappa shape index (κ1) is 19.6. The molecule has 0 fully saturated rings. The fourth-order valence-electron chi connectivity index (χ4n) is 2.22. The van der Waals surface area contributed by atoms with Crippen LogP contribution in [0.3, 0.4) is 0 Å². The van der Waals surface area contributed by atoms with Gasteiger partial charge in [0.05, 0.1) is 12.6 Å². The number of carbonyl (C=O) groups is 1. The topological polar surface area (TPSA) is 71.3 Å². The molecule has 6 nitrogen and oxygen atoms in total. The molecule has 0 bridgehead atoms. The summed E-state index contributed by atoms with van der Waals surface area (Å²) in [5.74, 6) is 1.09. The number of halogens is 1. The Morgan fingerprint density at radius 1 is 1.40 bits per heavy atom. The molecule has 1 heterocycles. The van der Waals surface area contributed by atoms with Crippen LogP contribution in [0.1, 0.15) is 51.0 Å². The molecule has 7 heteroatoms. The van der Waals surface area contributed by atoms with Crippen LogP contribution in [0.2, 0.25) is 0 Å². The molecule has 0 radical (unpaired) electrons. The zero-order valence-corrected chi connectivity index (χ0v) is 17.1. The highest BCUT2D eigenvalue weighted by molar-refractivity contribution is 9.10. The van der Waals surface area contributed by atoms with Gasteiger partial charge in [0, 0.05) is 15.6 Å². The summed E-state index contributed by atoms with van der Waals surface area (Å²) in [6, 6.07) is 5.60. The first-order valence-electron chi connectivity index (χ1n) is 8.18. The van der Waals surface area contributed by atoms with Crippen molar-refractivity contribution in [1.29, 1.82) is 0 Å². The second-order valence-electron chi connectivity index (χ2n) is 7.30. The maximum absolute atomic E-state index is 12.3. The van der Waals surface area contributed by atoms with E-state index in [1.54, 1.807) is 0 Å². The van der Waals surface area contributed by atoms with Crippen molar-refractivity contribution in [3.63, 3.8) is 0 Å². The molecular formula is C18H25BrN4O2. The van der Waals surface area contributed by atoms with Crippen LogP contribution in [0.5, 0.6) is 0 Å². The molecule has 1 unspecified atom stereocenters. The number of anilines is 1. The molecular weight excluding hydrogens is 384 g/mol. The van der Waals surface area contributed by atoms with E-state index >= 15 is 0 Å². The highest BCUT2D eigenvalue weighted by Gasteiger charge is 2.25. The van der Waals surface area contributed by atoms with Crippen molar-refractivity contribution in [2.24, 2.45) is 0 Å². The number of nitrogens with zero attached hydrogens (tertiary/aromatic N) is 3. The molecule has 1 aromatic carbocycles. The molecule has 1 aromatic heterocycles. The van der Waals surface area contributed by atoms with Crippen LogP contribution in [0, 0.1) is 6.92 Å². The van der Waals surface area contributed by atoms with Gasteiger partial charge < -0.3 is 9.84 Å². The number of hydrogen-bond donors (Lipinski definition) is 1. The first-order chi connectivity index (χ1) is 11.6. The van der Waals surface area contributed by atoms with E-state index in [0.717, 1.165) is 15.7 Å². The Morgan fingerprint density at radius 3 is 2.64 bits per heavy atom. The summed E-state index contributed by atoms with van der Waals surface area (Å²) in [5.41, 5.74) is 1.64. The Kier molecular flexibility index (Phi) is 6.00. The van der Waals surface area contributed by atoms with Crippen LogP contribution in [-0.4, -0.2) is 34.5 Å². The number of hydrogen-bond acceptors (Lipinski definition) is 5. The number of likely N-dealkylation sites (N-methyl/N-ethyl adjacent to an activating group) is 1. The van der Waals surface area contributed by atoms with Crippen molar-refractivity contribution in [2.75, 3.05) is 18.9 Å². The molecule has 0 aliphatic carbocycles. The molecule has 0 aliphatic heterocycles. The Morgan fingerprint density at radius 2 is 2.08 bits per heavy atom. The largest absolute Gasteiger partial charge is 0.338 e. The van der Waals surface area contributed by atoms with Gasteiger partial charge in [-0.2, -0.15) is 4.98 Å². The number of nitrogens with one attached hydrogen (secondary N) is 1. The highest BCUT2D eigenvalue weighted by Crippen LogP contribution is 2.23. The fraction of sp³-hybridized carbons (Fsp3) is 0.500. The minimum Gasteiger partial charge on any atom is -0.338 e. The second kappa shape index (κ2) is 7.66. The van der Waals surface area contributed by atoms with Crippen molar-refractivity contribution >= 4 is 27.5 Å². The normalized spacial score (nSPS) is 13.1. The number of aryl methyl sites for hydroxylation is 1. The standard InChI is InChI=1S/C18H25BrN4O2/c1-11-9-13(19)7-8-14(11)20-15(24)10-23(6)12(2)16-21-17(22-25-16)18(3,4)5/h7-9,12H,10H2,1-6H3,(H,20,24). The third kappa shape index (κ3) is 5.12. The van der Waals surface area contributed by atoms with Crippen molar-refractivity contribution < 1.29 is 9.32 Å². The Labute approximate surface area is 157 Å². The molecule has 1 N–H and O–H groups in total. The van der Waals surface area contributed by atoms with Gasteiger partial charge in [-0.15, -0.1) is 0 Å². The molecule has 2 rings (SSSR count). The van der Waals surface area contributed by atoms with Crippen molar-refractivity contribution in [2.45, 2.75) is 46.1 Å². The SMILES string of the molecule is Cc1cc(Br)ccc1NC(=O)CN(C)C(C)c1nc(C(C)(C)C)no1. The molecule has 1 atom stereocenters. The van der Waals surface area contributed by atoms with Gasteiger partial charge in [0.15, 0.2) is 5.82 Å². The predicted octanol–water partition coefficient (Wildman–Crippen LogP) is 4.07. The number of benzene rings is 1. The van der Waals surface area contributed by atoms with Crippen LogP contribution < -0.4 is 5.32 Å². The summed E-state index contributed by atoms with van der Waals surface area (Å²) in [6.07, 6.45) is 0. The quantitative estimate of drug-likeness (QED) is 0.806. The van der Waals surface area contributed by atoms with Crippen LogP contribution >= 0.6 is 15.9 Å². The third-order valence-electron chi connectivity index (χ3n) is 3.99. The van der Waals surface area contributed by atoms with Gasteiger partial charge >= 0.3 is 0 Å². The molecule has 0 saturated carbocycles.